The van der Waals surface area contributed by atoms with Crippen LogP contribution in [0.1, 0.15) is 25.7 Å². The van der Waals surface area contributed by atoms with Gasteiger partial charge < -0.3 is 15.9 Å². The molecule has 4 N–H and O–H groups in total. The number of carbonyl (C=O) groups is 1. The summed E-state index contributed by atoms with van der Waals surface area (Å²) in [7, 11) is 0. The van der Waals surface area contributed by atoms with Crippen LogP contribution in [0.2, 0.25) is 0 Å². The lowest BCUT2D eigenvalue weighted by Crippen LogP contribution is -2.19. The van der Waals surface area contributed by atoms with Crippen molar-refractivity contribution in [2.75, 3.05) is 0 Å². The van der Waals surface area contributed by atoms with E-state index in [4.69, 9.17) is 10.5 Å². The first-order chi connectivity index (χ1) is 4.29. The molecule has 0 bridgehead atoms. The van der Waals surface area contributed by atoms with E-state index in [2.05, 4.69) is 0 Å². The lowest BCUT2D eigenvalue weighted by atomic mass is 10.3. The van der Waals surface area contributed by atoms with Crippen molar-refractivity contribution in [2.45, 2.75) is 31.8 Å². The summed E-state index contributed by atoms with van der Waals surface area (Å²) in [6.07, 6.45) is 3.78. The molecule has 0 aromatic rings. The Morgan fingerprint density at radius 2 is 1.90 bits per heavy atom. The van der Waals surface area contributed by atoms with E-state index in [-0.39, 0.29) is 11.6 Å². The van der Waals surface area contributed by atoms with Crippen LogP contribution in [-0.2, 0) is 4.74 Å². The highest BCUT2D eigenvalue weighted by atomic mass is 16.6. The van der Waals surface area contributed by atoms with Gasteiger partial charge in [-0.15, -0.1) is 0 Å². The average Bonchev–Trinajstić information content (AvgIpc) is 2.15. The quantitative estimate of drug-likeness (QED) is 0.574. The molecule has 1 aliphatic carbocycles. The van der Waals surface area contributed by atoms with E-state index in [0.29, 0.717) is 0 Å². The summed E-state index contributed by atoms with van der Waals surface area (Å²) >= 11 is 0. The Labute approximate surface area is 59.7 Å². The lowest BCUT2D eigenvalue weighted by molar-refractivity contribution is 0.110. The minimum atomic E-state index is -0.637. The fourth-order valence-corrected chi connectivity index (χ4v) is 1.17. The van der Waals surface area contributed by atoms with Crippen LogP contribution in [0, 0.1) is 0 Å². The second-order valence-electron chi connectivity index (χ2n) is 2.34. The van der Waals surface area contributed by atoms with E-state index >= 15 is 0 Å². The van der Waals surface area contributed by atoms with Crippen LogP contribution in [0.4, 0.5) is 4.79 Å². The number of amides is 1. The summed E-state index contributed by atoms with van der Waals surface area (Å²) in [6.45, 7) is 0. The Bertz CT molecular complexity index is 110. The standard InChI is InChI=1S/C6H11NO2.H2O/c7-6(8)9-5-3-1-2-4-5;/h5H,1-4H2,(H2,7,8);1H2. The molecule has 0 aromatic carbocycles. The molecule has 0 aromatic heterocycles. The highest BCUT2D eigenvalue weighted by Gasteiger charge is 2.17. The number of primary amides is 1. The van der Waals surface area contributed by atoms with Gasteiger partial charge >= 0.3 is 6.09 Å². The van der Waals surface area contributed by atoms with Gasteiger partial charge in [0.2, 0.25) is 0 Å². The topological polar surface area (TPSA) is 83.8 Å². The summed E-state index contributed by atoms with van der Waals surface area (Å²) in [5, 5.41) is 0. The summed E-state index contributed by atoms with van der Waals surface area (Å²) in [4.78, 5) is 10.2. The van der Waals surface area contributed by atoms with Crippen LogP contribution in [0.5, 0.6) is 0 Å². The Balaban J connectivity index is 0.000000810. The van der Waals surface area contributed by atoms with Crippen LogP contribution in [0.15, 0.2) is 0 Å². The average molecular weight is 147 g/mol. The normalized spacial score (nSPS) is 18.0. The molecule has 0 atom stereocenters. The molecule has 0 saturated heterocycles. The minimum Gasteiger partial charge on any atom is -0.446 e. The largest absolute Gasteiger partial charge is 0.446 e. The molecule has 1 rings (SSSR count). The molecule has 1 aliphatic rings. The zero-order valence-electron chi connectivity index (χ0n) is 5.80. The molecule has 10 heavy (non-hydrogen) atoms. The highest BCUT2D eigenvalue weighted by molar-refractivity contribution is 5.64. The molecule has 1 fully saturated rings. The molecule has 1 amide bonds. The SMILES string of the molecule is NC(=O)OC1CCCC1.O. The van der Waals surface area contributed by atoms with E-state index < -0.39 is 6.09 Å². The van der Waals surface area contributed by atoms with E-state index in [1.165, 1.54) is 0 Å². The number of carbonyl (C=O) groups excluding carboxylic acids is 1. The van der Waals surface area contributed by atoms with Crippen molar-refractivity contribution < 1.29 is 15.0 Å². The Hall–Kier alpha value is -0.770. The Morgan fingerprint density at radius 1 is 1.40 bits per heavy atom. The molecular formula is C6H13NO3. The van der Waals surface area contributed by atoms with Crippen molar-refractivity contribution in [1.29, 1.82) is 0 Å². The molecular weight excluding hydrogens is 134 g/mol. The van der Waals surface area contributed by atoms with Crippen molar-refractivity contribution >= 4 is 6.09 Å². The third-order valence-electron chi connectivity index (χ3n) is 1.59. The number of nitrogens with two attached hydrogens (primary N) is 1. The van der Waals surface area contributed by atoms with Crippen molar-refractivity contribution in [3.05, 3.63) is 0 Å². The summed E-state index contributed by atoms with van der Waals surface area (Å²) in [5.41, 5.74) is 4.81. The fraction of sp³-hybridized carbons (Fsp3) is 0.833. The van der Waals surface area contributed by atoms with Crippen molar-refractivity contribution in [2.24, 2.45) is 5.73 Å². The van der Waals surface area contributed by atoms with Crippen molar-refractivity contribution in [3.63, 3.8) is 0 Å². The second kappa shape index (κ2) is 4.11. The summed E-state index contributed by atoms with van der Waals surface area (Å²) in [6, 6.07) is 0. The third kappa shape index (κ3) is 2.68. The van der Waals surface area contributed by atoms with Gasteiger partial charge in [-0.3, -0.25) is 0 Å². The van der Waals surface area contributed by atoms with Crippen LogP contribution in [0.3, 0.4) is 0 Å². The number of hydrogen-bond acceptors (Lipinski definition) is 2. The summed E-state index contributed by atoms with van der Waals surface area (Å²) in [5.74, 6) is 0. The third-order valence-corrected chi connectivity index (χ3v) is 1.59. The maximum absolute atomic E-state index is 10.2. The first kappa shape index (κ1) is 9.23. The van der Waals surface area contributed by atoms with Crippen molar-refractivity contribution in [3.8, 4) is 0 Å². The molecule has 60 valence electrons. The van der Waals surface area contributed by atoms with Gasteiger partial charge in [0.05, 0.1) is 0 Å². The van der Waals surface area contributed by atoms with Crippen LogP contribution in [-0.4, -0.2) is 17.7 Å². The monoisotopic (exact) mass is 147 g/mol. The molecule has 0 aliphatic heterocycles. The highest BCUT2D eigenvalue weighted by Crippen LogP contribution is 2.20. The van der Waals surface area contributed by atoms with Crippen LogP contribution in [0.25, 0.3) is 0 Å². The Kier molecular flexibility index (Phi) is 3.79. The van der Waals surface area contributed by atoms with Crippen LogP contribution >= 0.6 is 0 Å². The van der Waals surface area contributed by atoms with Gasteiger partial charge in [-0.25, -0.2) is 4.79 Å². The molecule has 0 unspecified atom stereocenters. The fourth-order valence-electron chi connectivity index (χ4n) is 1.17. The van der Waals surface area contributed by atoms with Gasteiger partial charge in [0.25, 0.3) is 0 Å². The predicted molar refractivity (Wildman–Crippen MR) is 36.5 cm³/mol. The molecule has 4 heteroatoms. The number of ether oxygens (including phenoxy) is 1. The smallest absolute Gasteiger partial charge is 0.404 e. The van der Waals surface area contributed by atoms with Gasteiger partial charge in [0.1, 0.15) is 6.10 Å². The van der Waals surface area contributed by atoms with Crippen LogP contribution < -0.4 is 5.73 Å². The van der Waals surface area contributed by atoms with Gasteiger partial charge in [-0.2, -0.15) is 0 Å². The molecule has 0 spiro atoms. The van der Waals surface area contributed by atoms with E-state index in [1.54, 1.807) is 0 Å². The zero-order chi connectivity index (χ0) is 6.69. The van der Waals surface area contributed by atoms with Crippen molar-refractivity contribution in [1.82, 2.24) is 0 Å². The summed E-state index contributed by atoms with van der Waals surface area (Å²) < 4.78 is 4.75. The molecule has 1 saturated carbocycles. The molecule has 4 nitrogen and oxygen atoms in total. The first-order valence-corrected chi connectivity index (χ1v) is 3.25. The molecule has 0 radical (unpaired) electrons. The lowest BCUT2D eigenvalue weighted by Gasteiger charge is -2.06. The predicted octanol–water partition coefficient (Wildman–Crippen LogP) is 0.200. The number of rotatable bonds is 1. The van der Waals surface area contributed by atoms with Gasteiger partial charge in [0.15, 0.2) is 0 Å². The van der Waals surface area contributed by atoms with Gasteiger partial charge in [0, 0.05) is 0 Å². The van der Waals surface area contributed by atoms with Gasteiger partial charge in [-0.05, 0) is 25.7 Å². The minimum absolute atomic E-state index is 0. The van der Waals surface area contributed by atoms with E-state index in [1.807, 2.05) is 0 Å². The Morgan fingerprint density at radius 3 is 2.30 bits per heavy atom. The van der Waals surface area contributed by atoms with Gasteiger partial charge in [-0.1, -0.05) is 0 Å². The van der Waals surface area contributed by atoms with E-state index in [9.17, 15) is 4.79 Å². The zero-order valence-corrected chi connectivity index (χ0v) is 5.80. The van der Waals surface area contributed by atoms with E-state index in [0.717, 1.165) is 25.7 Å². The maximum atomic E-state index is 10.2. The first-order valence-electron chi connectivity index (χ1n) is 3.25. The molecule has 0 heterocycles. The maximum Gasteiger partial charge on any atom is 0.404 e. The second-order valence-corrected chi connectivity index (χ2v) is 2.34. The number of hydrogen-bond donors (Lipinski definition) is 1.